The van der Waals surface area contributed by atoms with Crippen molar-refractivity contribution in [2.24, 2.45) is 0 Å². The van der Waals surface area contributed by atoms with Crippen LogP contribution in [0.4, 0.5) is 5.69 Å². The first-order valence-electron chi connectivity index (χ1n) is 6.72. The number of fused-ring (bicyclic) bond motifs is 3. The normalized spacial score (nSPS) is 11.1. The van der Waals surface area contributed by atoms with Gasteiger partial charge < -0.3 is 14.8 Å². The quantitative estimate of drug-likeness (QED) is 0.440. The lowest BCUT2D eigenvalue weighted by molar-refractivity contribution is -0.131. The molecule has 0 saturated carbocycles. The minimum Gasteiger partial charge on any atom is -0.478 e. The summed E-state index contributed by atoms with van der Waals surface area (Å²) in [5.74, 6) is -1.80. The van der Waals surface area contributed by atoms with E-state index in [4.69, 9.17) is 9.52 Å². The fraction of sp³-hybridized carbons (Fsp3) is 0. The second-order valence-electron chi connectivity index (χ2n) is 4.81. The number of carboxylic acid groups (broad SMARTS) is 1. The second kappa shape index (κ2) is 5.76. The number of nitrogens with one attached hydrogen (secondary N) is 1. The summed E-state index contributed by atoms with van der Waals surface area (Å²) in [5.41, 5.74) is 0.284. The largest absolute Gasteiger partial charge is 0.478 e. The van der Waals surface area contributed by atoms with Gasteiger partial charge in [0.1, 0.15) is 5.58 Å². The van der Waals surface area contributed by atoms with Gasteiger partial charge in [-0.25, -0.2) is 9.59 Å². The van der Waals surface area contributed by atoms with E-state index in [0.717, 1.165) is 22.9 Å². The molecule has 6 heteroatoms. The van der Waals surface area contributed by atoms with Crippen LogP contribution in [-0.2, 0) is 9.59 Å². The van der Waals surface area contributed by atoms with Crippen molar-refractivity contribution in [3.63, 3.8) is 0 Å². The van der Waals surface area contributed by atoms with Crippen molar-refractivity contribution < 1.29 is 19.1 Å². The zero-order chi connectivity index (χ0) is 16.4. The Morgan fingerprint density at radius 3 is 2.48 bits per heavy atom. The molecule has 3 aromatic rings. The van der Waals surface area contributed by atoms with Gasteiger partial charge in [0.15, 0.2) is 0 Å². The molecule has 0 atom stereocenters. The number of carbonyl (C=O) groups excluding carboxylic acids is 1. The van der Waals surface area contributed by atoms with Crippen LogP contribution in [0.2, 0.25) is 0 Å². The first kappa shape index (κ1) is 14.5. The molecule has 0 unspecified atom stereocenters. The molecular formula is C17H11NO5. The summed E-state index contributed by atoms with van der Waals surface area (Å²) >= 11 is 0. The van der Waals surface area contributed by atoms with Crippen molar-refractivity contribution in [2.75, 3.05) is 5.32 Å². The molecule has 2 N–H and O–H groups in total. The van der Waals surface area contributed by atoms with Crippen molar-refractivity contribution in [3.05, 3.63) is 65.0 Å². The van der Waals surface area contributed by atoms with E-state index < -0.39 is 17.5 Å². The molecule has 0 bridgehead atoms. The summed E-state index contributed by atoms with van der Waals surface area (Å²) in [4.78, 5) is 33.9. The Hall–Kier alpha value is -3.41. The molecule has 1 amide bonds. The van der Waals surface area contributed by atoms with Crippen LogP contribution >= 0.6 is 0 Å². The first-order chi connectivity index (χ1) is 11.0. The number of amides is 1. The van der Waals surface area contributed by atoms with E-state index in [-0.39, 0.29) is 0 Å². The third-order valence-electron chi connectivity index (χ3n) is 3.27. The Kier molecular flexibility index (Phi) is 3.64. The molecule has 0 aliphatic heterocycles. The van der Waals surface area contributed by atoms with Gasteiger partial charge in [-0.1, -0.05) is 18.2 Å². The maximum absolute atomic E-state index is 12.0. The number of hydrogen-bond donors (Lipinski definition) is 2. The van der Waals surface area contributed by atoms with E-state index in [1.807, 2.05) is 12.1 Å². The molecule has 1 aromatic heterocycles. The van der Waals surface area contributed by atoms with Crippen LogP contribution in [0.15, 0.2) is 63.8 Å². The summed E-state index contributed by atoms with van der Waals surface area (Å²) in [6, 6.07) is 12.0. The third-order valence-corrected chi connectivity index (χ3v) is 3.27. The highest BCUT2D eigenvalue weighted by atomic mass is 16.4. The Labute approximate surface area is 129 Å². The molecule has 23 heavy (non-hydrogen) atoms. The monoisotopic (exact) mass is 309 g/mol. The van der Waals surface area contributed by atoms with Crippen LogP contribution in [0, 0.1) is 0 Å². The van der Waals surface area contributed by atoms with Gasteiger partial charge in [0.05, 0.1) is 5.39 Å². The molecule has 3 rings (SSSR count). The van der Waals surface area contributed by atoms with Gasteiger partial charge in [-0.2, -0.15) is 0 Å². The summed E-state index contributed by atoms with van der Waals surface area (Å²) in [7, 11) is 0. The molecule has 0 aliphatic carbocycles. The van der Waals surface area contributed by atoms with Crippen LogP contribution in [0.3, 0.4) is 0 Å². The molecule has 1 heterocycles. The molecule has 0 fully saturated rings. The fourth-order valence-electron chi connectivity index (χ4n) is 2.29. The van der Waals surface area contributed by atoms with E-state index >= 15 is 0 Å². The van der Waals surface area contributed by atoms with Gasteiger partial charge in [0.2, 0.25) is 5.91 Å². The van der Waals surface area contributed by atoms with Crippen molar-refractivity contribution in [1.29, 1.82) is 0 Å². The maximum atomic E-state index is 12.0. The van der Waals surface area contributed by atoms with Crippen LogP contribution in [0.1, 0.15) is 0 Å². The predicted molar refractivity (Wildman–Crippen MR) is 85.4 cm³/mol. The van der Waals surface area contributed by atoms with E-state index in [0.29, 0.717) is 16.7 Å². The molecule has 0 radical (unpaired) electrons. The smallest absolute Gasteiger partial charge is 0.344 e. The minimum atomic E-state index is -1.21. The number of anilines is 1. The Bertz CT molecular complexity index is 1020. The summed E-state index contributed by atoms with van der Waals surface area (Å²) < 4.78 is 5.28. The SMILES string of the molecule is O=C(O)C=CC(=O)Nc1ccc2c(c1)oc(=O)c1ccccc12. The van der Waals surface area contributed by atoms with E-state index in [2.05, 4.69) is 5.32 Å². The lowest BCUT2D eigenvalue weighted by Gasteiger charge is -2.05. The van der Waals surface area contributed by atoms with E-state index in [1.165, 1.54) is 6.07 Å². The van der Waals surface area contributed by atoms with Crippen LogP contribution < -0.4 is 10.9 Å². The molecular weight excluding hydrogens is 298 g/mol. The number of benzene rings is 2. The van der Waals surface area contributed by atoms with Crippen molar-refractivity contribution in [2.45, 2.75) is 0 Å². The molecule has 0 aliphatic rings. The first-order valence-corrected chi connectivity index (χ1v) is 6.72. The second-order valence-corrected chi connectivity index (χ2v) is 4.81. The van der Waals surface area contributed by atoms with E-state index in [1.54, 1.807) is 24.3 Å². The highest BCUT2D eigenvalue weighted by Crippen LogP contribution is 2.25. The summed E-state index contributed by atoms with van der Waals surface area (Å²) in [5, 5.41) is 13.0. The average Bonchev–Trinajstić information content (AvgIpc) is 2.53. The van der Waals surface area contributed by atoms with Crippen molar-refractivity contribution >= 4 is 39.3 Å². The number of hydrogen-bond acceptors (Lipinski definition) is 4. The summed E-state index contributed by atoms with van der Waals surface area (Å²) in [6.45, 7) is 0. The maximum Gasteiger partial charge on any atom is 0.344 e. The number of carbonyl (C=O) groups is 2. The van der Waals surface area contributed by atoms with Gasteiger partial charge >= 0.3 is 11.6 Å². The van der Waals surface area contributed by atoms with Gasteiger partial charge in [-0.15, -0.1) is 0 Å². The Morgan fingerprint density at radius 2 is 1.74 bits per heavy atom. The molecule has 114 valence electrons. The molecule has 0 spiro atoms. The summed E-state index contributed by atoms with van der Waals surface area (Å²) in [6.07, 6.45) is 1.65. The van der Waals surface area contributed by atoms with Gasteiger partial charge in [-0.3, -0.25) is 4.79 Å². The molecule has 6 nitrogen and oxygen atoms in total. The fourth-order valence-corrected chi connectivity index (χ4v) is 2.29. The predicted octanol–water partition coefficient (Wildman–Crippen LogP) is 2.53. The Morgan fingerprint density at radius 1 is 1.00 bits per heavy atom. The van der Waals surface area contributed by atoms with Crippen LogP contribution in [-0.4, -0.2) is 17.0 Å². The lowest BCUT2D eigenvalue weighted by atomic mass is 10.1. The zero-order valence-corrected chi connectivity index (χ0v) is 11.8. The number of aliphatic carboxylic acids is 1. The highest BCUT2D eigenvalue weighted by Gasteiger charge is 2.08. The third kappa shape index (κ3) is 2.96. The van der Waals surface area contributed by atoms with Gasteiger partial charge in [0.25, 0.3) is 0 Å². The number of rotatable bonds is 3. The lowest BCUT2D eigenvalue weighted by Crippen LogP contribution is -2.08. The topological polar surface area (TPSA) is 96.6 Å². The number of carboxylic acids is 1. The van der Waals surface area contributed by atoms with Crippen LogP contribution in [0.25, 0.3) is 21.7 Å². The minimum absolute atomic E-state index is 0.341. The average molecular weight is 309 g/mol. The van der Waals surface area contributed by atoms with Crippen LogP contribution in [0.5, 0.6) is 0 Å². The molecule has 2 aromatic carbocycles. The highest BCUT2D eigenvalue weighted by molar-refractivity contribution is 6.07. The van der Waals surface area contributed by atoms with Gasteiger partial charge in [-0.05, 0) is 23.6 Å². The van der Waals surface area contributed by atoms with Crippen molar-refractivity contribution in [1.82, 2.24) is 0 Å². The van der Waals surface area contributed by atoms with Gasteiger partial charge in [0, 0.05) is 29.3 Å². The molecule has 0 saturated heterocycles. The van der Waals surface area contributed by atoms with Crippen molar-refractivity contribution in [3.8, 4) is 0 Å². The standard InChI is InChI=1S/C17H11NO5/c19-15(7-8-16(20)21)18-10-5-6-12-11-3-1-2-4-13(11)17(22)23-14(12)9-10/h1-9H,(H,18,19)(H,20,21). The zero-order valence-electron chi connectivity index (χ0n) is 11.8. The Balaban J connectivity index is 2.03. The van der Waals surface area contributed by atoms with E-state index in [9.17, 15) is 14.4 Å².